The Balaban J connectivity index is 1.93. The van der Waals surface area contributed by atoms with Crippen LogP contribution in [0.5, 0.6) is 0 Å². The standard InChI is InChI=1S/C23H32N4O2/c1-5-10-26(11-6-2)23(29)21-25-20(19-9-7-8-12-27(19)21)22(28)24-18-14-16(3)13-17(4)15-18/h13-15H,5-12H2,1-4H3,(H,24,28). The van der Waals surface area contributed by atoms with Gasteiger partial charge in [-0.05, 0) is 69.2 Å². The molecule has 2 heterocycles. The Morgan fingerprint density at radius 2 is 1.72 bits per heavy atom. The van der Waals surface area contributed by atoms with Crippen molar-refractivity contribution in [2.24, 2.45) is 0 Å². The lowest BCUT2D eigenvalue weighted by Gasteiger charge is -2.23. The highest BCUT2D eigenvalue weighted by molar-refractivity contribution is 6.05. The maximum Gasteiger partial charge on any atom is 0.289 e. The second-order valence-electron chi connectivity index (χ2n) is 7.96. The van der Waals surface area contributed by atoms with Crippen molar-refractivity contribution in [3.8, 4) is 0 Å². The van der Waals surface area contributed by atoms with E-state index in [1.54, 1.807) is 0 Å². The van der Waals surface area contributed by atoms with Crippen LogP contribution in [0.2, 0.25) is 0 Å². The molecule has 0 aliphatic carbocycles. The highest BCUT2D eigenvalue weighted by atomic mass is 16.2. The number of benzene rings is 1. The maximum absolute atomic E-state index is 13.2. The number of hydrogen-bond donors (Lipinski definition) is 1. The third-order valence-corrected chi connectivity index (χ3v) is 5.28. The number of fused-ring (bicyclic) bond motifs is 1. The lowest BCUT2D eigenvalue weighted by Crippen LogP contribution is -2.35. The summed E-state index contributed by atoms with van der Waals surface area (Å²) in [5.74, 6) is 0.103. The van der Waals surface area contributed by atoms with Gasteiger partial charge in [-0.1, -0.05) is 19.9 Å². The highest BCUT2D eigenvalue weighted by Gasteiger charge is 2.29. The molecule has 0 saturated carbocycles. The van der Waals surface area contributed by atoms with Crippen molar-refractivity contribution >= 4 is 17.5 Å². The quantitative estimate of drug-likeness (QED) is 0.756. The van der Waals surface area contributed by atoms with Gasteiger partial charge in [0.25, 0.3) is 11.8 Å². The Labute approximate surface area is 173 Å². The molecule has 2 aromatic rings. The number of amides is 2. The molecule has 156 valence electrons. The number of rotatable bonds is 7. The Kier molecular flexibility index (Phi) is 6.72. The highest BCUT2D eigenvalue weighted by Crippen LogP contribution is 2.24. The van der Waals surface area contributed by atoms with Gasteiger partial charge in [-0.15, -0.1) is 0 Å². The van der Waals surface area contributed by atoms with Crippen LogP contribution in [0.3, 0.4) is 0 Å². The molecule has 1 aromatic carbocycles. The summed E-state index contributed by atoms with van der Waals surface area (Å²) in [6.45, 7) is 10.3. The fourth-order valence-electron chi connectivity index (χ4n) is 4.12. The van der Waals surface area contributed by atoms with Gasteiger partial charge in [-0.3, -0.25) is 9.59 Å². The van der Waals surface area contributed by atoms with Crippen molar-refractivity contribution in [1.82, 2.24) is 14.5 Å². The average Bonchev–Trinajstić information content (AvgIpc) is 3.06. The van der Waals surface area contributed by atoms with Crippen LogP contribution < -0.4 is 5.32 Å². The van der Waals surface area contributed by atoms with Crippen molar-refractivity contribution in [3.05, 3.63) is 46.5 Å². The van der Waals surface area contributed by atoms with Crippen LogP contribution >= 0.6 is 0 Å². The summed E-state index contributed by atoms with van der Waals surface area (Å²) in [7, 11) is 0. The SMILES string of the molecule is CCCN(CCC)C(=O)c1nc(C(=O)Nc2cc(C)cc(C)c2)c2n1CCCC2. The minimum Gasteiger partial charge on any atom is -0.336 e. The lowest BCUT2D eigenvalue weighted by molar-refractivity contribution is 0.0737. The number of nitrogens with one attached hydrogen (secondary N) is 1. The molecule has 1 N–H and O–H groups in total. The van der Waals surface area contributed by atoms with E-state index in [1.165, 1.54) is 0 Å². The van der Waals surface area contributed by atoms with Crippen molar-refractivity contribution in [3.63, 3.8) is 0 Å². The van der Waals surface area contributed by atoms with Crippen LogP contribution in [0.25, 0.3) is 0 Å². The van der Waals surface area contributed by atoms with Gasteiger partial charge in [0.1, 0.15) is 0 Å². The fourth-order valence-corrected chi connectivity index (χ4v) is 4.12. The van der Waals surface area contributed by atoms with Crippen molar-refractivity contribution in [2.45, 2.75) is 66.3 Å². The average molecular weight is 397 g/mol. The van der Waals surface area contributed by atoms with E-state index in [0.29, 0.717) is 24.6 Å². The monoisotopic (exact) mass is 396 g/mol. The van der Waals surface area contributed by atoms with Crippen molar-refractivity contribution in [2.75, 3.05) is 18.4 Å². The minimum absolute atomic E-state index is 0.0673. The summed E-state index contributed by atoms with van der Waals surface area (Å²) in [4.78, 5) is 32.7. The van der Waals surface area contributed by atoms with Gasteiger partial charge >= 0.3 is 0 Å². The molecule has 0 bridgehead atoms. The number of aryl methyl sites for hydroxylation is 2. The van der Waals surface area contributed by atoms with Gasteiger partial charge in [0, 0.05) is 25.3 Å². The first kappa shape index (κ1) is 21.1. The first-order valence-corrected chi connectivity index (χ1v) is 10.7. The molecule has 3 rings (SSSR count). The first-order chi connectivity index (χ1) is 13.9. The topological polar surface area (TPSA) is 67.2 Å². The molecule has 1 aliphatic rings. The maximum atomic E-state index is 13.2. The molecule has 0 atom stereocenters. The van der Waals surface area contributed by atoms with E-state index in [-0.39, 0.29) is 11.8 Å². The van der Waals surface area contributed by atoms with E-state index in [0.717, 1.165) is 61.2 Å². The zero-order valence-corrected chi connectivity index (χ0v) is 18.0. The normalized spacial score (nSPS) is 13.1. The van der Waals surface area contributed by atoms with Crippen LogP contribution in [0, 0.1) is 13.8 Å². The molecule has 1 aromatic heterocycles. The molecule has 0 spiro atoms. The Morgan fingerprint density at radius 1 is 1.07 bits per heavy atom. The van der Waals surface area contributed by atoms with Gasteiger partial charge in [-0.2, -0.15) is 0 Å². The van der Waals surface area contributed by atoms with Crippen LogP contribution in [-0.2, 0) is 13.0 Å². The second kappa shape index (κ2) is 9.25. The summed E-state index contributed by atoms with van der Waals surface area (Å²) < 4.78 is 1.97. The van der Waals surface area contributed by atoms with Gasteiger partial charge in [0.05, 0.1) is 5.69 Å². The van der Waals surface area contributed by atoms with E-state index in [4.69, 9.17) is 0 Å². The zero-order chi connectivity index (χ0) is 21.0. The fraction of sp³-hybridized carbons (Fsp3) is 0.522. The molecular weight excluding hydrogens is 364 g/mol. The Bertz CT molecular complexity index is 874. The van der Waals surface area contributed by atoms with Gasteiger partial charge < -0.3 is 14.8 Å². The molecule has 2 amide bonds. The summed E-state index contributed by atoms with van der Waals surface area (Å²) in [6, 6.07) is 5.97. The van der Waals surface area contributed by atoms with E-state index in [9.17, 15) is 9.59 Å². The molecule has 0 radical (unpaired) electrons. The van der Waals surface area contributed by atoms with Gasteiger partial charge in [0.15, 0.2) is 11.5 Å². The number of imidazole rings is 1. The number of aromatic nitrogens is 2. The van der Waals surface area contributed by atoms with E-state index >= 15 is 0 Å². The Morgan fingerprint density at radius 3 is 2.34 bits per heavy atom. The minimum atomic E-state index is -0.239. The largest absolute Gasteiger partial charge is 0.336 e. The number of nitrogens with zero attached hydrogens (tertiary/aromatic N) is 3. The van der Waals surface area contributed by atoms with E-state index in [1.807, 2.05) is 35.4 Å². The number of hydrogen-bond acceptors (Lipinski definition) is 3. The number of anilines is 1. The van der Waals surface area contributed by atoms with Crippen molar-refractivity contribution < 1.29 is 9.59 Å². The molecule has 6 heteroatoms. The van der Waals surface area contributed by atoms with Gasteiger partial charge in [0.2, 0.25) is 0 Å². The Hall–Kier alpha value is -2.63. The number of carbonyl (C=O) groups is 2. The predicted octanol–water partition coefficient (Wildman–Crippen LogP) is 4.35. The summed E-state index contributed by atoms with van der Waals surface area (Å²) in [5.41, 5.74) is 4.22. The second-order valence-corrected chi connectivity index (χ2v) is 7.96. The third-order valence-electron chi connectivity index (χ3n) is 5.28. The molecule has 1 aliphatic heterocycles. The van der Waals surface area contributed by atoms with Crippen LogP contribution in [0.4, 0.5) is 5.69 Å². The summed E-state index contributed by atoms with van der Waals surface area (Å²) in [6.07, 6.45) is 4.59. The smallest absolute Gasteiger partial charge is 0.289 e. The van der Waals surface area contributed by atoms with Crippen molar-refractivity contribution in [1.29, 1.82) is 0 Å². The zero-order valence-electron chi connectivity index (χ0n) is 18.0. The molecule has 0 saturated heterocycles. The van der Waals surface area contributed by atoms with Crippen LogP contribution in [0.15, 0.2) is 18.2 Å². The van der Waals surface area contributed by atoms with Crippen LogP contribution in [-0.4, -0.2) is 39.4 Å². The molecule has 0 fully saturated rings. The molecule has 0 unspecified atom stereocenters. The number of carbonyl (C=O) groups excluding carboxylic acids is 2. The predicted molar refractivity (Wildman–Crippen MR) is 116 cm³/mol. The van der Waals surface area contributed by atoms with Crippen LogP contribution in [0.1, 0.15) is 77.5 Å². The first-order valence-electron chi connectivity index (χ1n) is 10.7. The lowest BCUT2D eigenvalue weighted by atomic mass is 10.1. The van der Waals surface area contributed by atoms with Gasteiger partial charge in [-0.25, -0.2) is 4.98 Å². The third kappa shape index (κ3) is 4.69. The summed E-state index contributed by atoms with van der Waals surface area (Å²) >= 11 is 0. The molecule has 6 nitrogen and oxygen atoms in total. The van der Waals surface area contributed by atoms with E-state index in [2.05, 4.69) is 30.2 Å². The molecule has 29 heavy (non-hydrogen) atoms. The molecular formula is C23H32N4O2. The van der Waals surface area contributed by atoms with E-state index < -0.39 is 0 Å². The summed E-state index contributed by atoms with van der Waals surface area (Å²) in [5, 5.41) is 2.98.